The molecule has 0 fully saturated rings. The number of hydrogen-bond acceptors (Lipinski definition) is 3. The summed E-state index contributed by atoms with van der Waals surface area (Å²) in [5.41, 5.74) is 9.77. The van der Waals surface area contributed by atoms with E-state index in [1.807, 2.05) is 50.2 Å². The Morgan fingerprint density at radius 3 is 2.67 bits per heavy atom. The van der Waals surface area contributed by atoms with Gasteiger partial charge < -0.3 is 11.1 Å². The third-order valence-electron chi connectivity index (χ3n) is 3.13. The Balaban J connectivity index is 1.95. The molecule has 0 aliphatic rings. The topological polar surface area (TPSA) is 55.1 Å². The van der Waals surface area contributed by atoms with Gasteiger partial charge in [-0.1, -0.05) is 22.0 Å². The minimum absolute atomic E-state index is 0.0392. The third-order valence-corrected chi connectivity index (χ3v) is 4.69. The summed E-state index contributed by atoms with van der Waals surface area (Å²) in [5, 5.41) is 2.90. The minimum Gasteiger partial charge on any atom is -0.398 e. The van der Waals surface area contributed by atoms with Gasteiger partial charge >= 0.3 is 0 Å². The van der Waals surface area contributed by atoms with Crippen LogP contribution >= 0.6 is 27.7 Å². The average molecular weight is 365 g/mol. The van der Waals surface area contributed by atoms with E-state index in [1.165, 1.54) is 17.3 Å². The Morgan fingerprint density at radius 1 is 1.19 bits per heavy atom. The number of carbonyl (C=O) groups excluding carboxylic acids is 1. The Labute approximate surface area is 137 Å². The molecule has 3 N–H and O–H groups in total. The first-order chi connectivity index (χ1) is 9.95. The highest BCUT2D eigenvalue weighted by molar-refractivity contribution is 9.10. The van der Waals surface area contributed by atoms with Gasteiger partial charge in [0.25, 0.3) is 0 Å². The molecule has 0 saturated heterocycles. The molecule has 0 atom stereocenters. The molecule has 0 spiro atoms. The van der Waals surface area contributed by atoms with Crippen molar-refractivity contribution in [2.75, 3.05) is 16.8 Å². The number of aryl methyl sites for hydroxylation is 2. The van der Waals surface area contributed by atoms with Crippen LogP contribution in [-0.4, -0.2) is 11.7 Å². The summed E-state index contributed by atoms with van der Waals surface area (Å²) >= 11 is 4.83. The van der Waals surface area contributed by atoms with Crippen molar-refractivity contribution in [3.05, 3.63) is 52.0 Å². The molecule has 0 aliphatic carbocycles. The molecule has 110 valence electrons. The minimum atomic E-state index is -0.0392. The highest BCUT2D eigenvalue weighted by Crippen LogP contribution is 2.28. The van der Waals surface area contributed by atoms with Crippen LogP contribution in [0.3, 0.4) is 0 Å². The second-order valence-electron chi connectivity index (χ2n) is 4.82. The van der Waals surface area contributed by atoms with Crippen molar-refractivity contribution in [3.8, 4) is 0 Å². The summed E-state index contributed by atoms with van der Waals surface area (Å²) in [4.78, 5) is 12.9. The molecule has 0 bridgehead atoms. The molecule has 2 rings (SSSR count). The molecule has 0 saturated carbocycles. The van der Waals surface area contributed by atoms with E-state index in [9.17, 15) is 4.79 Å². The number of nitrogens with one attached hydrogen (secondary N) is 1. The normalized spacial score (nSPS) is 10.4. The molecular weight excluding hydrogens is 348 g/mol. The SMILES string of the molecule is Cc1ccc(NC(=O)CSc2cc(Br)ccc2N)cc1C. The number of anilines is 2. The van der Waals surface area contributed by atoms with E-state index in [2.05, 4.69) is 21.2 Å². The van der Waals surface area contributed by atoms with Crippen LogP contribution in [0.15, 0.2) is 45.8 Å². The first-order valence-electron chi connectivity index (χ1n) is 6.50. The fourth-order valence-corrected chi connectivity index (χ4v) is 3.11. The Kier molecular flexibility index (Phi) is 5.31. The van der Waals surface area contributed by atoms with Gasteiger partial charge in [-0.2, -0.15) is 0 Å². The van der Waals surface area contributed by atoms with E-state index in [0.717, 1.165) is 20.6 Å². The molecule has 0 unspecified atom stereocenters. The van der Waals surface area contributed by atoms with E-state index >= 15 is 0 Å². The first-order valence-corrected chi connectivity index (χ1v) is 8.28. The van der Waals surface area contributed by atoms with Crippen LogP contribution in [0.25, 0.3) is 0 Å². The number of halogens is 1. The number of benzene rings is 2. The summed E-state index contributed by atoms with van der Waals surface area (Å²) in [7, 11) is 0. The van der Waals surface area contributed by atoms with E-state index in [-0.39, 0.29) is 5.91 Å². The molecule has 5 heteroatoms. The summed E-state index contributed by atoms with van der Waals surface area (Å²) in [5.74, 6) is 0.288. The maximum Gasteiger partial charge on any atom is 0.234 e. The second-order valence-corrected chi connectivity index (χ2v) is 6.75. The van der Waals surface area contributed by atoms with Crippen molar-refractivity contribution in [1.29, 1.82) is 0 Å². The molecule has 0 heterocycles. The lowest BCUT2D eigenvalue weighted by Crippen LogP contribution is -2.14. The molecular formula is C16H17BrN2OS. The molecule has 21 heavy (non-hydrogen) atoms. The van der Waals surface area contributed by atoms with Gasteiger partial charge in [-0.05, 0) is 55.3 Å². The fourth-order valence-electron chi connectivity index (χ4n) is 1.79. The van der Waals surface area contributed by atoms with Crippen LogP contribution in [0.4, 0.5) is 11.4 Å². The van der Waals surface area contributed by atoms with Gasteiger partial charge in [0, 0.05) is 20.7 Å². The largest absolute Gasteiger partial charge is 0.398 e. The van der Waals surface area contributed by atoms with Gasteiger partial charge in [-0.3, -0.25) is 4.79 Å². The van der Waals surface area contributed by atoms with Gasteiger partial charge in [0.15, 0.2) is 0 Å². The molecule has 2 aromatic carbocycles. The van der Waals surface area contributed by atoms with Crippen LogP contribution in [0.5, 0.6) is 0 Å². The van der Waals surface area contributed by atoms with Gasteiger partial charge in [0.1, 0.15) is 0 Å². The number of amides is 1. The van der Waals surface area contributed by atoms with Crippen molar-refractivity contribution in [1.82, 2.24) is 0 Å². The fraction of sp³-hybridized carbons (Fsp3) is 0.188. The number of nitrogen functional groups attached to an aromatic ring is 1. The van der Waals surface area contributed by atoms with Crippen LogP contribution in [0.2, 0.25) is 0 Å². The third kappa shape index (κ3) is 4.51. The average Bonchev–Trinajstić information content (AvgIpc) is 2.44. The van der Waals surface area contributed by atoms with E-state index < -0.39 is 0 Å². The predicted molar refractivity (Wildman–Crippen MR) is 93.8 cm³/mol. The van der Waals surface area contributed by atoms with Gasteiger partial charge in [0.05, 0.1) is 5.75 Å². The zero-order valence-corrected chi connectivity index (χ0v) is 14.3. The monoisotopic (exact) mass is 364 g/mol. The van der Waals surface area contributed by atoms with Crippen LogP contribution in [0.1, 0.15) is 11.1 Å². The zero-order valence-electron chi connectivity index (χ0n) is 11.9. The van der Waals surface area contributed by atoms with Crippen molar-refractivity contribution < 1.29 is 4.79 Å². The number of carbonyl (C=O) groups is 1. The molecule has 3 nitrogen and oxygen atoms in total. The maximum atomic E-state index is 12.0. The lowest BCUT2D eigenvalue weighted by molar-refractivity contribution is -0.113. The van der Waals surface area contributed by atoms with Crippen molar-refractivity contribution in [3.63, 3.8) is 0 Å². The standard InChI is InChI=1S/C16H17BrN2OS/c1-10-3-5-13(7-11(10)2)19-16(20)9-21-15-8-12(17)4-6-14(15)18/h3-8H,9,18H2,1-2H3,(H,19,20). The predicted octanol–water partition coefficient (Wildman–Crippen LogP) is 4.38. The van der Waals surface area contributed by atoms with E-state index in [0.29, 0.717) is 11.4 Å². The van der Waals surface area contributed by atoms with Gasteiger partial charge in [-0.25, -0.2) is 0 Å². The summed E-state index contributed by atoms with van der Waals surface area (Å²) in [6, 6.07) is 11.5. The quantitative estimate of drug-likeness (QED) is 0.625. The van der Waals surface area contributed by atoms with Crippen LogP contribution in [-0.2, 0) is 4.79 Å². The lowest BCUT2D eigenvalue weighted by Gasteiger charge is -2.09. The van der Waals surface area contributed by atoms with Crippen molar-refractivity contribution in [2.45, 2.75) is 18.7 Å². The number of hydrogen-bond donors (Lipinski definition) is 2. The van der Waals surface area contributed by atoms with Gasteiger partial charge in [-0.15, -0.1) is 11.8 Å². The summed E-state index contributed by atoms with van der Waals surface area (Å²) < 4.78 is 0.953. The highest BCUT2D eigenvalue weighted by Gasteiger charge is 2.07. The maximum absolute atomic E-state index is 12.0. The molecule has 0 radical (unpaired) electrons. The first kappa shape index (κ1) is 15.9. The molecule has 1 amide bonds. The van der Waals surface area contributed by atoms with Gasteiger partial charge in [0.2, 0.25) is 5.91 Å². The Morgan fingerprint density at radius 2 is 1.95 bits per heavy atom. The summed E-state index contributed by atoms with van der Waals surface area (Å²) in [6.45, 7) is 4.08. The van der Waals surface area contributed by atoms with Crippen LogP contribution in [0, 0.1) is 13.8 Å². The Hall–Kier alpha value is -1.46. The van der Waals surface area contributed by atoms with Crippen molar-refractivity contribution in [2.24, 2.45) is 0 Å². The zero-order chi connectivity index (χ0) is 15.4. The summed E-state index contributed by atoms with van der Waals surface area (Å²) in [6.07, 6.45) is 0. The van der Waals surface area contributed by atoms with E-state index in [1.54, 1.807) is 0 Å². The number of nitrogens with two attached hydrogens (primary N) is 1. The molecule has 2 aromatic rings. The number of rotatable bonds is 4. The lowest BCUT2D eigenvalue weighted by atomic mass is 10.1. The number of thioether (sulfide) groups is 1. The second kappa shape index (κ2) is 7.00. The Bertz CT molecular complexity index is 673. The van der Waals surface area contributed by atoms with Crippen molar-refractivity contribution >= 4 is 45.0 Å². The molecule has 0 aliphatic heterocycles. The van der Waals surface area contributed by atoms with Crippen LogP contribution < -0.4 is 11.1 Å². The van der Waals surface area contributed by atoms with E-state index in [4.69, 9.17) is 5.73 Å². The highest BCUT2D eigenvalue weighted by atomic mass is 79.9. The smallest absolute Gasteiger partial charge is 0.234 e. The molecule has 0 aromatic heterocycles.